The van der Waals surface area contributed by atoms with Crippen molar-refractivity contribution in [2.75, 3.05) is 6.54 Å². The van der Waals surface area contributed by atoms with Crippen LogP contribution in [0.25, 0.3) is 0 Å². The second-order valence-corrected chi connectivity index (χ2v) is 3.57. The van der Waals surface area contributed by atoms with Gasteiger partial charge in [0, 0.05) is 12.6 Å². The lowest BCUT2D eigenvalue weighted by Gasteiger charge is -2.24. The largest absolute Gasteiger partial charge is 0.368 e. The third kappa shape index (κ3) is 3.43. The summed E-state index contributed by atoms with van der Waals surface area (Å²) in [6, 6.07) is 0.347. The summed E-state index contributed by atoms with van der Waals surface area (Å²) in [5.74, 6) is 0.834. The standard InChI is InChI=1S/C8H16ClN5/c1-4-10-14-5-7(11-6(2)3)12-8(9)13-14/h5-6,10-11H,4H2,1-3H3,(H,12,13). The second-order valence-electron chi connectivity index (χ2n) is 3.21. The molecule has 0 fully saturated rings. The van der Waals surface area contributed by atoms with Crippen molar-refractivity contribution in [3.05, 3.63) is 12.0 Å². The molecule has 0 aromatic heterocycles. The molecular weight excluding hydrogens is 202 g/mol. The van der Waals surface area contributed by atoms with E-state index in [1.165, 1.54) is 0 Å². The SMILES string of the molecule is CCNN1C=C(NC(C)C)NC(Cl)=N1. The van der Waals surface area contributed by atoms with Crippen molar-refractivity contribution in [3.63, 3.8) is 0 Å². The molecule has 14 heavy (non-hydrogen) atoms. The number of hydrazine groups is 1. The van der Waals surface area contributed by atoms with Gasteiger partial charge in [-0.2, -0.15) is 5.12 Å². The van der Waals surface area contributed by atoms with E-state index >= 15 is 0 Å². The van der Waals surface area contributed by atoms with Crippen molar-refractivity contribution in [2.45, 2.75) is 26.8 Å². The van der Waals surface area contributed by atoms with Crippen molar-refractivity contribution >= 4 is 16.9 Å². The van der Waals surface area contributed by atoms with Gasteiger partial charge in [0.15, 0.2) is 0 Å². The van der Waals surface area contributed by atoms with Gasteiger partial charge in [-0.15, -0.1) is 5.10 Å². The van der Waals surface area contributed by atoms with E-state index in [4.69, 9.17) is 11.6 Å². The molecule has 1 heterocycles. The van der Waals surface area contributed by atoms with Crippen LogP contribution in [0.15, 0.2) is 17.1 Å². The van der Waals surface area contributed by atoms with Gasteiger partial charge in [-0.3, -0.25) is 0 Å². The fourth-order valence-corrected chi connectivity index (χ4v) is 1.22. The van der Waals surface area contributed by atoms with E-state index in [0.29, 0.717) is 11.3 Å². The highest BCUT2D eigenvalue weighted by atomic mass is 35.5. The minimum Gasteiger partial charge on any atom is -0.368 e. The Morgan fingerprint density at radius 1 is 1.64 bits per heavy atom. The molecule has 1 aliphatic heterocycles. The van der Waals surface area contributed by atoms with Gasteiger partial charge in [0.2, 0.25) is 5.29 Å². The first-order valence-electron chi connectivity index (χ1n) is 4.64. The Balaban J connectivity index is 2.59. The molecule has 6 heteroatoms. The van der Waals surface area contributed by atoms with Gasteiger partial charge in [-0.1, -0.05) is 6.92 Å². The van der Waals surface area contributed by atoms with Crippen LogP contribution in [0.4, 0.5) is 0 Å². The van der Waals surface area contributed by atoms with Crippen LogP contribution >= 0.6 is 11.6 Å². The number of amidine groups is 1. The number of halogens is 1. The maximum Gasteiger partial charge on any atom is 0.221 e. The van der Waals surface area contributed by atoms with Crippen molar-refractivity contribution in [3.8, 4) is 0 Å². The molecule has 5 nitrogen and oxygen atoms in total. The molecule has 0 radical (unpaired) electrons. The molecule has 1 aliphatic rings. The summed E-state index contributed by atoms with van der Waals surface area (Å²) in [6.07, 6.45) is 1.81. The zero-order valence-electron chi connectivity index (χ0n) is 8.63. The number of nitrogens with zero attached hydrogens (tertiary/aromatic N) is 2. The van der Waals surface area contributed by atoms with E-state index in [-0.39, 0.29) is 0 Å². The lowest BCUT2D eigenvalue weighted by Crippen LogP contribution is -2.42. The number of hydrazone groups is 1. The van der Waals surface area contributed by atoms with E-state index in [2.05, 4.69) is 35.0 Å². The van der Waals surface area contributed by atoms with E-state index < -0.39 is 0 Å². The highest BCUT2D eigenvalue weighted by Gasteiger charge is 2.10. The third-order valence-electron chi connectivity index (χ3n) is 1.45. The summed E-state index contributed by atoms with van der Waals surface area (Å²) in [4.78, 5) is 0. The minimum absolute atomic E-state index is 0.344. The summed E-state index contributed by atoms with van der Waals surface area (Å²) in [5, 5.41) is 12.1. The molecule has 0 aliphatic carbocycles. The maximum atomic E-state index is 5.80. The molecule has 1 rings (SSSR count). The van der Waals surface area contributed by atoms with Gasteiger partial charge >= 0.3 is 0 Å². The van der Waals surface area contributed by atoms with Crippen LogP contribution in [0.2, 0.25) is 0 Å². The highest BCUT2D eigenvalue weighted by molar-refractivity contribution is 6.64. The Morgan fingerprint density at radius 2 is 2.36 bits per heavy atom. The first-order chi connectivity index (χ1) is 6.61. The van der Waals surface area contributed by atoms with Crippen molar-refractivity contribution in [1.29, 1.82) is 0 Å². The monoisotopic (exact) mass is 217 g/mol. The van der Waals surface area contributed by atoms with Crippen LogP contribution in [0.3, 0.4) is 0 Å². The van der Waals surface area contributed by atoms with Crippen molar-refractivity contribution in [2.24, 2.45) is 5.10 Å². The first-order valence-corrected chi connectivity index (χ1v) is 5.02. The van der Waals surface area contributed by atoms with E-state index in [9.17, 15) is 0 Å². The molecule has 0 aromatic carbocycles. The molecule has 0 saturated carbocycles. The quantitative estimate of drug-likeness (QED) is 0.608. The third-order valence-corrected chi connectivity index (χ3v) is 1.62. The van der Waals surface area contributed by atoms with Crippen molar-refractivity contribution < 1.29 is 0 Å². The molecule has 0 spiro atoms. The molecule has 0 saturated heterocycles. The average Bonchev–Trinajstić information content (AvgIpc) is 2.01. The fourth-order valence-electron chi connectivity index (χ4n) is 1.04. The lowest BCUT2D eigenvalue weighted by molar-refractivity contribution is 0.280. The van der Waals surface area contributed by atoms with Gasteiger partial charge in [-0.25, -0.2) is 5.43 Å². The maximum absolute atomic E-state index is 5.80. The van der Waals surface area contributed by atoms with Crippen LogP contribution in [0.1, 0.15) is 20.8 Å². The smallest absolute Gasteiger partial charge is 0.221 e. The second kappa shape index (κ2) is 5.07. The van der Waals surface area contributed by atoms with Crippen molar-refractivity contribution in [1.82, 2.24) is 21.2 Å². The number of hydrogen-bond acceptors (Lipinski definition) is 5. The molecule has 3 N–H and O–H groups in total. The average molecular weight is 218 g/mol. The molecular formula is C8H16ClN5. The Kier molecular flexibility index (Phi) is 4.03. The van der Waals surface area contributed by atoms with Crippen LogP contribution in [-0.2, 0) is 0 Å². The molecule has 0 bridgehead atoms. The predicted molar refractivity (Wildman–Crippen MR) is 58.3 cm³/mol. The highest BCUT2D eigenvalue weighted by Crippen LogP contribution is 2.01. The molecule has 80 valence electrons. The summed E-state index contributed by atoms with van der Waals surface area (Å²) < 4.78 is 0. The van der Waals surface area contributed by atoms with Gasteiger partial charge in [0.1, 0.15) is 5.82 Å². The number of rotatable bonds is 4. The van der Waals surface area contributed by atoms with Crippen LogP contribution in [0, 0.1) is 0 Å². The zero-order valence-corrected chi connectivity index (χ0v) is 9.39. The summed E-state index contributed by atoms with van der Waals surface area (Å²) in [5.41, 5.74) is 3.02. The van der Waals surface area contributed by atoms with E-state index in [1.54, 1.807) is 5.12 Å². The predicted octanol–water partition coefficient (Wildman–Crippen LogP) is 0.723. The zero-order chi connectivity index (χ0) is 10.6. The van der Waals surface area contributed by atoms with E-state index in [1.807, 2.05) is 13.1 Å². The minimum atomic E-state index is 0.344. The Bertz CT molecular complexity index is 248. The first kappa shape index (κ1) is 11.1. The molecule has 0 atom stereocenters. The molecule has 0 amide bonds. The van der Waals surface area contributed by atoms with Gasteiger partial charge < -0.3 is 10.6 Å². The lowest BCUT2D eigenvalue weighted by atomic mass is 10.4. The fraction of sp³-hybridized carbons (Fsp3) is 0.625. The van der Waals surface area contributed by atoms with Gasteiger partial charge in [0.25, 0.3) is 0 Å². The normalized spacial score (nSPS) is 16.2. The van der Waals surface area contributed by atoms with Gasteiger partial charge in [0.05, 0.1) is 6.20 Å². The van der Waals surface area contributed by atoms with Crippen LogP contribution in [-0.4, -0.2) is 23.0 Å². The summed E-state index contributed by atoms with van der Waals surface area (Å²) in [7, 11) is 0. The molecule has 0 unspecified atom stereocenters. The molecule has 0 aromatic rings. The summed E-state index contributed by atoms with van der Waals surface area (Å²) in [6.45, 7) is 6.90. The Morgan fingerprint density at radius 3 is 2.93 bits per heavy atom. The Labute approximate surface area is 89.1 Å². The van der Waals surface area contributed by atoms with Crippen LogP contribution in [0.5, 0.6) is 0 Å². The number of nitrogens with one attached hydrogen (secondary N) is 3. The van der Waals surface area contributed by atoms with Gasteiger partial charge in [-0.05, 0) is 25.4 Å². The Hall–Kier alpha value is -0.940. The topological polar surface area (TPSA) is 51.7 Å². The number of hydrogen-bond donors (Lipinski definition) is 3. The van der Waals surface area contributed by atoms with E-state index in [0.717, 1.165) is 12.4 Å². The van der Waals surface area contributed by atoms with Crippen LogP contribution < -0.4 is 16.1 Å². The summed E-state index contributed by atoms with van der Waals surface area (Å²) >= 11 is 5.80.